The Morgan fingerprint density at radius 3 is 2.22 bits per heavy atom. The topological polar surface area (TPSA) is 61.9 Å². The summed E-state index contributed by atoms with van der Waals surface area (Å²) < 4.78 is 4.97. The fourth-order valence-electron chi connectivity index (χ4n) is 2.48. The molecule has 0 aromatic heterocycles. The molecule has 0 bridgehead atoms. The van der Waals surface area contributed by atoms with Crippen molar-refractivity contribution in [1.82, 2.24) is 9.80 Å². The van der Waals surface area contributed by atoms with Gasteiger partial charge in [0.05, 0.1) is 12.2 Å². The van der Waals surface area contributed by atoms with Crippen molar-refractivity contribution in [3.8, 4) is 0 Å². The second-order valence-corrected chi connectivity index (χ2v) is 6.44. The van der Waals surface area contributed by atoms with Crippen molar-refractivity contribution in [2.24, 2.45) is 0 Å². The lowest BCUT2D eigenvalue weighted by Gasteiger charge is -2.25. The quantitative estimate of drug-likeness (QED) is 0.724. The number of hydrogen-bond donors (Lipinski definition) is 1. The van der Waals surface area contributed by atoms with Crippen molar-refractivity contribution in [2.45, 2.75) is 13.5 Å². The summed E-state index contributed by atoms with van der Waals surface area (Å²) in [5, 5.41) is 2.90. The predicted molar refractivity (Wildman–Crippen MR) is 107 cm³/mol. The van der Waals surface area contributed by atoms with E-state index in [4.69, 9.17) is 4.74 Å². The van der Waals surface area contributed by atoms with Crippen LogP contribution in [0.4, 0.5) is 10.5 Å². The van der Waals surface area contributed by atoms with E-state index in [2.05, 4.69) is 5.32 Å². The van der Waals surface area contributed by atoms with Crippen molar-refractivity contribution in [2.75, 3.05) is 39.1 Å². The summed E-state index contributed by atoms with van der Waals surface area (Å²) in [6.45, 7) is 4.00. The number of anilines is 1. The summed E-state index contributed by atoms with van der Waals surface area (Å²) in [6.07, 6.45) is 0. The number of benzene rings is 2. The van der Waals surface area contributed by atoms with Gasteiger partial charge in [0, 0.05) is 25.3 Å². The molecule has 0 saturated carbocycles. The Morgan fingerprint density at radius 2 is 1.63 bits per heavy atom. The van der Waals surface area contributed by atoms with Gasteiger partial charge in [-0.3, -0.25) is 0 Å². The van der Waals surface area contributed by atoms with Crippen LogP contribution in [0.15, 0.2) is 54.6 Å². The molecule has 0 aliphatic carbocycles. The van der Waals surface area contributed by atoms with Gasteiger partial charge in [-0.1, -0.05) is 30.3 Å². The van der Waals surface area contributed by atoms with Crippen molar-refractivity contribution < 1.29 is 14.3 Å². The highest BCUT2D eigenvalue weighted by Gasteiger charge is 2.15. The first-order valence-electron chi connectivity index (χ1n) is 9.01. The van der Waals surface area contributed by atoms with E-state index in [0.29, 0.717) is 30.9 Å². The molecule has 6 nitrogen and oxygen atoms in total. The average Bonchev–Trinajstić information content (AvgIpc) is 2.66. The molecule has 1 N–H and O–H groups in total. The summed E-state index contributed by atoms with van der Waals surface area (Å²) in [4.78, 5) is 28.3. The molecular weight excluding hydrogens is 342 g/mol. The maximum Gasteiger partial charge on any atom is 0.338 e. The van der Waals surface area contributed by atoms with E-state index in [-0.39, 0.29) is 12.0 Å². The molecule has 27 heavy (non-hydrogen) atoms. The van der Waals surface area contributed by atoms with Crippen LogP contribution in [0.1, 0.15) is 22.8 Å². The molecule has 2 amide bonds. The molecule has 6 heteroatoms. The monoisotopic (exact) mass is 369 g/mol. The molecule has 0 radical (unpaired) electrons. The zero-order valence-electron chi connectivity index (χ0n) is 16.1. The van der Waals surface area contributed by atoms with Crippen LogP contribution in [0.3, 0.4) is 0 Å². The van der Waals surface area contributed by atoms with Crippen LogP contribution in [0.25, 0.3) is 0 Å². The zero-order chi connectivity index (χ0) is 19.6. The van der Waals surface area contributed by atoms with Crippen LogP contribution >= 0.6 is 0 Å². The maximum atomic E-state index is 12.8. The first-order valence-corrected chi connectivity index (χ1v) is 9.01. The van der Waals surface area contributed by atoms with Crippen molar-refractivity contribution in [3.63, 3.8) is 0 Å². The van der Waals surface area contributed by atoms with Gasteiger partial charge in [-0.05, 0) is 50.8 Å². The summed E-state index contributed by atoms with van der Waals surface area (Å²) >= 11 is 0. The van der Waals surface area contributed by atoms with E-state index < -0.39 is 0 Å². The number of carbonyl (C=O) groups excluding carboxylic acids is 2. The second-order valence-electron chi connectivity index (χ2n) is 6.44. The number of nitrogens with zero attached hydrogens (tertiary/aromatic N) is 2. The fourth-order valence-corrected chi connectivity index (χ4v) is 2.48. The van der Waals surface area contributed by atoms with E-state index in [1.807, 2.05) is 49.3 Å². The lowest BCUT2D eigenvalue weighted by atomic mass is 10.2. The van der Waals surface area contributed by atoms with Crippen LogP contribution in [-0.2, 0) is 11.3 Å². The number of hydrogen-bond acceptors (Lipinski definition) is 4. The van der Waals surface area contributed by atoms with Crippen LogP contribution in [0.2, 0.25) is 0 Å². The Hall–Kier alpha value is -2.86. The summed E-state index contributed by atoms with van der Waals surface area (Å²) in [5.41, 5.74) is 2.17. The Labute approximate surface area is 160 Å². The third kappa shape index (κ3) is 6.75. The lowest BCUT2D eigenvalue weighted by molar-refractivity contribution is 0.0526. The smallest absolute Gasteiger partial charge is 0.338 e. The number of carbonyl (C=O) groups is 2. The Bertz CT molecular complexity index is 730. The molecule has 0 heterocycles. The standard InChI is InChI=1S/C21H27N3O3/c1-4-27-20(25)18-10-12-19(13-11-18)22-21(26)24(15-14-23(2)3)16-17-8-6-5-7-9-17/h5-13H,4,14-16H2,1-3H3,(H,22,26). The van der Waals surface area contributed by atoms with Gasteiger partial charge in [0.2, 0.25) is 0 Å². The molecule has 0 spiro atoms. The Morgan fingerprint density at radius 1 is 0.963 bits per heavy atom. The molecular formula is C21H27N3O3. The molecule has 2 rings (SSSR count). The second kappa shape index (κ2) is 10.3. The minimum Gasteiger partial charge on any atom is -0.462 e. The van der Waals surface area contributed by atoms with E-state index in [9.17, 15) is 9.59 Å². The average molecular weight is 369 g/mol. The molecule has 0 aliphatic heterocycles. The minimum absolute atomic E-state index is 0.176. The molecule has 2 aromatic rings. The number of likely N-dealkylation sites (N-methyl/N-ethyl adjacent to an activating group) is 1. The zero-order valence-corrected chi connectivity index (χ0v) is 16.1. The van der Waals surface area contributed by atoms with Crippen LogP contribution in [0.5, 0.6) is 0 Å². The summed E-state index contributed by atoms with van der Waals surface area (Å²) in [6, 6.07) is 16.4. The largest absolute Gasteiger partial charge is 0.462 e. The molecule has 0 aliphatic rings. The number of ether oxygens (including phenoxy) is 1. The minimum atomic E-state index is -0.368. The first-order chi connectivity index (χ1) is 13.0. The van der Waals surface area contributed by atoms with Gasteiger partial charge in [-0.2, -0.15) is 0 Å². The van der Waals surface area contributed by atoms with Gasteiger partial charge in [0.25, 0.3) is 0 Å². The molecule has 144 valence electrons. The van der Waals surface area contributed by atoms with Crippen LogP contribution in [-0.4, -0.2) is 55.6 Å². The Balaban J connectivity index is 2.04. The highest BCUT2D eigenvalue weighted by atomic mass is 16.5. The van der Waals surface area contributed by atoms with Crippen LogP contribution < -0.4 is 5.32 Å². The van der Waals surface area contributed by atoms with Gasteiger partial charge in [-0.15, -0.1) is 0 Å². The lowest BCUT2D eigenvalue weighted by Crippen LogP contribution is -2.39. The van der Waals surface area contributed by atoms with Crippen molar-refractivity contribution in [3.05, 3.63) is 65.7 Å². The number of esters is 1. The van der Waals surface area contributed by atoms with E-state index in [0.717, 1.165) is 12.1 Å². The number of rotatable bonds is 8. The third-order valence-electron chi connectivity index (χ3n) is 3.97. The van der Waals surface area contributed by atoms with Crippen molar-refractivity contribution >= 4 is 17.7 Å². The van der Waals surface area contributed by atoms with Gasteiger partial charge >= 0.3 is 12.0 Å². The van der Waals surface area contributed by atoms with E-state index in [1.165, 1.54) is 0 Å². The van der Waals surface area contributed by atoms with Gasteiger partial charge in [0.15, 0.2) is 0 Å². The summed E-state index contributed by atoms with van der Waals surface area (Å²) in [7, 11) is 3.96. The maximum absolute atomic E-state index is 12.8. The predicted octanol–water partition coefficient (Wildman–Crippen LogP) is 3.46. The van der Waals surface area contributed by atoms with Crippen LogP contribution in [0, 0.1) is 0 Å². The highest BCUT2D eigenvalue weighted by Crippen LogP contribution is 2.13. The van der Waals surface area contributed by atoms with Gasteiger partial charge in [0.1, 0.15) is 0 Å². The van der Waals surface area contributed by atoms with Crippen molar-refractivity contribution in [1.29, 1.82) is 0 Å². The van der Waals surface area contributed by atoms with E-state index in [1.54, 1.807) is 36.1 Å². The molecule has 0 atom stereocenters. The van der Waals surface area contributed by atoms with Gasteiger partial charge in [-0.25, -0.2) is 9.59 Å². The molecule has 0 unspecified atom stereocenters. The summed E-state index contributed by atoms with van der Waals surface area (Å²) in [5.74, 6) is -0.368. The number of nitrogens with one attached hydrogen (secondary N) is 1. The normalized spacial score (nSPS) is 10.5. The molecule has 2 aromatic carbocycles. The first kappa shape index (κ1) is 20.5. The third-order valence-corrected chi connectivity index (χ3v) is 3.97. The molecule has 0 saturated heterocycles. The number of urea groups is 1. The van der Waals surface area contributed by atoms with E-state index >= 15 is 0 Å². The molecule has 0 fully saturated rings. The SMILES string of the molecule is CCOC(=O)c1ccc(NC(=O)N(CCN(C)C)Cc2ccccc2)cc1. The fraction of sp³-hybridized carbons (Fsp3) is 0.333. The highest BCUT2D eigenvalue weighted by molar-refractivity contribution is 5.92. The Kier molecular flexibility index (Phi) is 7.82. The number of amides is 2. The van der Waals surface area contributed by atoms with Gasteiger partial charge < -0.3 is 19.9 Å².